The van der Waals surface area contributed by atoms with Crippen LogP contribution in [0.2, 0.25) is 0 Å². The van der Waals surface area contributed by atoms with Crippen LogP contribution in [0, 0.1) is 17.0 Å². The van der Waals surface area contributed by atoms with Gasteiger partial charge in [0.1, 0.15) is 10.7 Å². The minimum Gasteiger partial charge on any atom is -0.401 e. The molecule has 2 amide bonds. The van der Waals surface area contributed by atoms with E-state index in [-0.39, 0.29) is 29.4 Å². The van der Waals surface area contributed by atoms with Gasteiger partial charge in [0.25, 0.3) is 5.91 Å². The van der Waals surface area contributed by atoms with Gasteiger partial charge >= 0.3 is 5.88 Å². The molecule has 0 spiro atoms. The van der Waals surface area contributed by atoms with Crippen LogP contribution in [0.25, 0.3) is 6.08 Å². The van der Waals surface area contributed by atoms with E-state index in [1.807, 2.05) is 30.5 Å². The van der Waals surface area contributed by atoms with Gasteiger partial charge in [-0.05, 0) is 61.9 Å². The Hall–Kier alpha value is -3.79. The van der Waals surface area contributed by atoms with Gasteiger partial charge in [-0.2, -0.15) is 0 Å². The summed E-state index contributed by atoms with van der Waals surface area (Å²) in [6.07, 6.45) is 4.97. The highest BCUT2D eigenvalue weighted by Gasteiger charge is 2.27. The number of nitrogens with one attached hydrogen (secondary N) is 1. The van der Waals surface area contributed by atoms with Gasteiger partial charge in [-0.3, -0.25) is 24.7 Å². The number of furan rings is 1. The molecule has 1 aliphatic heterocycles. The fourth-order valence-electron chi connectivity index (χ4n) is 4.09. The van der Waals surface area contributed by atoms with Crippen LogP contribution in [0.15, 0.2) is 52.3 Å². The van der Waals surface area contributed by atoms with Gasteiger partial charge in [0.15, 0.2) is 0 Å². The van der Waals surface area contributed by atoms with E-state index >= 15 is 0 Å². The first-order chi connectivity index (χ1) is 16.9. The molecule has 0 saturated carbocycles. The summed E-state index contributed by atoms with van der Waals surface area (Å²) in [4.78, 5) is 43.2. The van der Waals surface area contributed by atoms with Crippen LogP contribution in [-0.4, -0.2) is 46.3 Å². The van der Waals surface area contributed by atoms with E-state index in [2.05, 4.69) is 11.4 Å². The summed E-state index contributed by atoms with van der Waals surface area (Å²) in [5.74, 6) is -0.355. The summed E-state index contributed by atoms with van der Waals surface area (Å²) < 4.78 is 5.05. The van der Waals surface area contributed by atoms with Gasteiger partial charge in [-0.1, -0.05) is 6.07 Å². The van der Waals surface area contributed by atoms with E-state index in [9.17, 15) is 19.7 Å². The Bertz CT molecular complexity index is 1230. The highest BCUT2D eigenvalue weighted by atomic mass is 32.1. The predicted molar refractivity (Wildman–Crippen MR) is 132 cm³/mol. The van der Waals surface area contributed by atoms with Crippen LogP contribution in [0.3, 0.4) is 0 Å². The number of hydrogen-bond donors (Lipinski definition) is 1. The van der Waals surface area contributed by atoms with Crippen molar-refractivity contribution >= 4 is 35.1 Å². The van der Waals surface area contributed by atoms with Gasteiger partial charge in [0, 0.05) is 42.2 Å². The SMILES string of the molecule is Cc1ccc(C(=O)NCCc2cccs2)c(C2CCN(C(=O)/C=C/c3ccc([N+](=O)[O-])o3)CC2)n1. The third kappa shape index (κ3) is 6.21. The third-order valence-corrected chi connectivity index (χ3v) is 6.86. The lowest BCUT2D eigenvalue weighted by Gasteiger charge is -2.31. The van der Waals surface area contributed by atoms with Gasteiger partial charge in [-0.25, -0.2) is 0 Å². The average Bonchev–Trinajstić information content (AvgIpc) is 3.55. The van der Waals surface area contributed by atoms with Crippen molar-refractivity contribution in [3.63, 3.8) is 0 Å². The zero-order chi connectivity index (χ0) is 24.8. The first-order valence-corrected chi connectivity index (χ1v) is 12.3. The summed E-state index contributed by atoms with van der Waals surface area (Å²) in [6.45, 7) is 3.53. The van der Waals surface area contributed by atoms with E-state index in [0.717, 1.165) is 17.8 Å². The molecule has 1 fully saturated rings. The van der Waals surface area contributed by atoms with Gasteiger partial charge in [0.05, 0.1) is 17.3 Å². The number of rotatable bonds is 8. The molecule has 1 aliphatic rings. The third-order valence-electron chi connectivity index (χ3n) is 5.92. The summed E-state index contributed by atoms with van der Waals surface area (Å²) in [6, 6.07) is 10.4. The van der Waals surface area contributed by atoms with Gasteiger partial charge < -0.3 is 14.6 Å². The normalized spacial score (nSPS) is 14.4. The van der Waals surface area contributed by atoms with Crippen molar-refractivity contribution in [2.24, 2.45) is 0 Å². The number of nitrogens with zero attached hydrogens (tertiary/aromatic N) is 3. The van der Waals surface area contributed by atoms with Crippen LogP contribution < -0.4 is 5.32 Å². The summed E-state index contributed by atoms with van der Waals surface area (Å²) >= 11 is 1.67. The Balaban J connectivity index is 1.35. The van der Waals surface area contributed by atoms with Crippen LogP contribution >= 0.6 is 11.3 Å². The molecule has 182 valence electrons. The molecular formula is C25H26N4O5S. The highest BCUT2D eigenvalue weighted by Crippen LogP contribution is 2.30. The van der Waals surface area contributed by atoms with Crippen molar-refractivity contribution in [1.82, 2.24) is 15.2 Å². The van der Waals surface area contributed by atoms with E-state index in [4.69, 9.17) is 9.40 Å². The first kappa shape index (κ1) is 24.3. The Kier molecular flexibility index (Phi) is 7.71. The average molecular weight is 495 g/mol. The summed E-state index contributed by atoms with van der Waals surface area (Å²) in [5.41, 5.74) is 2.22. The Labute approximate surface area is 206 Å². The molecule has 35 heavy (non-hydrogen) atoms. The second-order valence-corrected chi connectivity index (χ2v) is 9.37. The molecule has 3 aromatic rings. The van der Waals surface area contributed by atoms with Crippen molar-refractivity contribution in [2.75, 3.05) is 19.6 Å². The first-order valence-electron chi connectivity index (χ1n) is 11.4. The standard InChI is InChI=1S/C25H26N4O5S/c1-17-4-7-21(25(31)26-13-10-20-3-2-16-35-20)24(27-17)18-11-14-28(15-12-18)22(30)8-5-19-6-9-23(34-19)29(32)33/h2-9,16,18H,10-15H2,1H3,(H,26,31)/b8-5+. The number of hydrogen-bond acceptors (Lipinski definition) is 7. The molecule has 3 aromatic heterocycles. The second-order valence-electron chi connectivity index (χ2n) is 8.34. The highest BCUT2D eigenvalue weighted by molar-refractivity contribution is 7.09. The Morgan fingerprint density at radius 3 is 2.74 bits per heavy atom. The van der Waals surface area contributed by atoms with Crippen LogP contribution in [0.4, 0.5) is 5.88 Å². The lowest BCUT2D eigenvalue weighted by molar-refractivity contribution is -0.402. The molecule has 10 heteroatoms. The number of piperidine rings is 1. The number of nitro groups is 1. The fraction of sp³-hybridized carbons (Fsp3) is 0.320. The van der Waals surface area contributed by atoms with Crippen LogP contribution in [0.5, 0.6) is 0 Å². The largest absolute Gasteiger partial charge is 0.433 e. The van der Waals surface area contributed by atoms with E-state index < -0.39 is 4.92 Å². The lowest BCUT2D eigenvalue weighted by Crippen LogP contribution is -2.37. The number of amides is 2. The molecule has 0 atom stereocenters. The number of pyridine rings is 1. The monoisotopic (exact) mass is 494 g/mol. The molecule has 0 radical (unpaired) electrons. The minimum atomic E-state index is -0.623. The maximum atomic E-state index is 12.9. The maximum Gasteiger partial charge on any atom is 0.433 e. The number of thiophene rings is 1. The molecule has 4 rings (SSSR count). The fourth-order valence-corrected chi connectivity index (χ4v) is 4.80. The molecule has 0 unspecified atom stereocenters. The van der Waals surface area contributed by atoms with Crippen molar-refractivity contribution in [3.8, 4) is 0 Å². The summed E-state index contributed by atoms with van der Waals surface area (Å²) in [7, 11) is 0. The van der Waals surface area contributed by atoms with Gasteiger partial charge in [-0.15, -0.1) is 11.3 Å². The predicted octanol–water partition coefficient (Wildman–Crippen LogP) is 4.34. The molecule has 4 heterocycles. The zero-order valence-corrected chi connectivity index (χ0v) is 20.1. The summed E-state index contributed by atoms with van der Waals surface area (Å²) in [5, 5.41) is 15.7. The van der Waals surface area contributed by atoms with Crippen LogP contribution in [0.1, 0.15) is 51.1 Å². The van der Waals surface area contributed by atoms with E-state index in [0.29, 0.717) is 38.0 Å². The smallest absolute Gasteiger partial charge is 0.401 e. The van der Waals surface area contributed by atoms with E-state index in [1.165, 1.54) is 29.2 Å². The van der Waals surface area contributed by atoms with Crippen molar-refractivity contribution < 1.29 is 18.9 Å². The molecule has 9 nitrogen and oxygen atoms in total. The Morgan fingerprint density at radius 1 is 1.26 bits per heavy atom. The Morgan fingerprint density at radius 2 is 2.06 bits per heavy atom. The quantitative estimate of drug-likeness (QED) is 0.283. The molecule has 1 N–H and O–H groups in total. The lowest BCUT2D eigenvalue weighted by atomic mass is 9.89. The molecular weight excluding hydrogens is 468 g/mol. The van der Waals surface area contributed by atoms with Crippen molar-refractivity contribution in [2.45, 2.75) is 32.1 Å². The van der Waals surface area contributed by atoms with Gasteiger partial charge in [0.2, 0.25) is 5.91 Å². The molecule has 0 aromatic carbocycles. The molecule has 0 bridgehead atoms. The van der Waals surface area contributed by atoms with E-state index in [1.54, 1.807) is 16.2 Å². The van der Waals surface area contributed by atoms with Crippen LogP contribution in [-0.2, 0) is 11.2 Å². The van der Waals surface area contributed by atoms with Crippen molar-refractivity contribution in [3.05, 3.63) is 85.6 Å². The molecule has 0 aliphatic carbocycles. The number of carbonyl (C=O) groups is 2. The maximum absolute atomic E-state index is 12.9. The number of aryl methyl sites for hydroxylation is 1. The second kappa shape index (κ2) is 11.1. The van der Waals surface area contributed by atoms with Crippen molar-refractivity contribution in [1.29, 1.82) is 0 Å². The number of aromatic nitrogens is 1. The number of carbonyl (C=O) groups excluding carboxylic acids is 2. The zero-order valence-electron chi connectivity index (χ0n) is 19.3. The molecule has 1 saturated heterocycles. The minimum absolute atomic E-state index is 0.0775. The number of likely N-dealkylation sites (tertiary alicyclic amines) is 1. The topological polar surface area (TPSA) is 119 Å².